The molecule has 0 atom stereocenters. The molecule has 166 valence electrons. The van der Waals surface area contributed by atoms with Gasteiger partial charge in [0.2, 0.25) is 0 Å². The van der Waals surface area contributed by atoms with Gasteiger partial charge in [-0.1, -0.05) is 31.2 Å². The van der Waals surface area contributed by atoms with Crippen LogP contribution in [0.15, 0.2) is 60.8 Å². The Hall–Kier alpha value is -3.12. The minimum absolute atomic E-state index is 0.131. The molecule has 0 spiro atoms. The lowest BCUT2D eigenvalue weighted by Crippen LogP contribution is -2.48. The van der Waals surface area contributed by atoms with Crippen LogP contribution in [0.25, 0.3) is 10.8 Å². The molecule has 1 aromatic heterocycles. The van der Waals surface area contributed by atoms with Crippen LogP contribution in [0.2, 0.25) is 0 Å². The van der Waals surface area contributed by atoms with Crippen molar-refractivity contribution < 1.29 is 4.79 Å². The summed E-state index contributed by atoms with van der Waals surface area (Å²) in [7, 11) is 0. The molecule has 2 aromatic carbocycles. The maximum absolute atomic E-state index is 13.2. The second-order valence-electron chi connectivity index (χ2n) is 8.61. The fraction of sp³-hybridized carbons (Fsp3) is 0.385. The third-order valence-electron chi connectivity index (χ3n) is 6.80. The van der Waals surface area contributed by atoms with Gasteiger partial charge in [0.05, 0.1) is 0 Å². The molecule has 2 aliphatic heterocycles. The SMILES string of the molecule is CCN1CCN(C(=O)c2ccc3ccnc(N4CCN(c5ccccc5)CC4)c3c2)CC1. The molecule has 2 saturated heterocycles. The molecular weight excluding hydrogens is 398 g/mol. The Morgan fingerprint density at radius 3 is 2.28 bits per heavy atom. The molecule has 5 rings (SSSR count). The van der Waals surface area contributed by atoms with E-state index in [0.717, 1.165) is 81.1 Å². The molecule has 3 heterocycles. The van der Waals surface area contributed by atoms with E-state index in [1.807, 2.05) is 23.2 Å². The molecule has 2 fully saturated rings. The largest absolute Gasteiger partial charge is 0.368 e. The number of aromatic nitrogens is 1. The second kappa shape index (κ2) is 9.17. The Balaban J connectivity index is 1.35. The zero-order valence-electron chi connectivity index (χ0n) is 18.8. The maximum atomic E-state index is 13.2. The highest BCUT2D eigenvalue weighted by molar-refractivity contribution is 6.01. The molecule has 0 bridgehead atoms. The Bertz CT molecular complexity index is 1070. The lowest BCUT2D eigenvalue weighted by atomic mass is 10.1. The van der Waals surface area contributed by atoms with Crippen molar-refractivity contribution >= 4 is 28.2 Å². The summed E-state index contributed by atoms with van der Waals surface area (Å²) in [6.45, 7) is 10.5. The van der Waals surface area contributed by atoms with Gasteiger partial charge in [0.25, 0.3) is 5.91 Å². The summed E-state index contributed by atoms with van der Waals surface area (Å²) in [6, 6.07) is 18.7. The van der Waals surface area contributed by atoms with Crippen LogP contribution < -0.4 is 9.80 Å². The quantitative estimate of drug-likeness (QED) is 0.636. The number of benzene rings is 2. The number of likely N-dealkylation sites (N-methyl/N-ethyl adjacent to an activating group) is 1. The number of fused-ring (bicyclic) bond motifs is 1. The monoisotopic (exact) mass is 429 g/mol. The van der Waals surface area contributed by atoms with Gasteiger partial charge in [-0.15, -0.1) is 0 Å². The first kappa shape index (κ1) is 20.8. The van der Waals surface area contributed by atoms with E-state index in [1.54, 1.807) is 0 Å². The van der Waals surface area contributed by atoms with Crippen LogP contribution in [0.1, 0.15) is 17.3 Å². The molecule has 0 radical (unpaired) electrons. The van der Waals surface area contributed by atoms with Gasteiger partial charge in [0, 0.05) is 75.2 Å². The summed E-state index contributed by atoms with van der Waals surface area (Å²) in [6.07, 6.45) is 1.88. The molecule has 0 saturated carbocycles. The maximum Gasteiger partial charge on any atom is 0.253 e. The molecule has 32 heavy (non-hydrogen) atoms. The van der Waals surface area contributed by atoms with E-state index in [4.69, 9.17) is 4.98 Å². The minimum Gasteiger partial charge on any atom is -0.368 e. The molecule has 6 heteroatoms. The van der Waals surface area contributed by atoms with Gasteiger partial charge in [-0.2, -0.15) is 0 Å². The number of carbonyl (C=O) groups excluding carboxylic acids is 1. The number of rotatable bonds is 4. The second-order valence-corrected chi connectivity index (χ2v) is 8.61. The van der Waals surface area contributed by atoms with Crippen molar-refractivity contribution in [3.8, 4) is 0 Å². The van der Waals surface area contributed by atoms with Crippen LogP contribution in [0.5, 0.6) is 0 Å². The van der Waals surface area contributed by atoms with E-state index in [2.05, 4.69) is 64.1 Å². The van der Waals surface area contributed by atoms with E-state index in [0.29, 0.717) is 0 Å². The zero-order chi connectivity index (χ0) is 21.9. The van der Waals surface area contributed by atoms with Crippen LogP contribution in [0, 0.1) is 0 Å². The van der Waals surface area contributed by atoms with E-state index >= 15 is 0 Å². The molecular formula is C26H31N5O. The highest BCUT2D eigenvalue weighted by atomic mass is 16.2. The molecule has 3 aromatic rings. The van der Waals surface area contributed by atoms with E-state index < -0.39 is 0 Å². The molecule has 0 aliphatic carbocycles. The number of para-hydroxylation sites is 1. The van der Waals surface area contributed by atoms with E-state index in [9.17, 15) is 4.79 Å². The molecule has 6 nitrogen and oxygen atoms in total. The third kappa shape index (κ3) is 4.15. The summed E-state index contributed by atoms with van der Waals surface area (Å²) >= 11 is 0. The first-order valence-electron chi connectivity index (χ1n) is 11.7. The molecule has 2 aliphatic rings. The number of hydrogen-bond acceptors (Lipinski definition) is 5. The minimum atomic E-state index is 0.131. The van der Waals surface area contributed by atoms with Crippen LogP contribution in [-0.4, -0.2) is 79.6 Å². The Morgan fingerprint density at radius 1 is 0.844 bits per heavy atom. The number of hydrogen-bond donors (Lipinski definition) is 0. The first-order valence-corrected chi connectivity index (χ1v) is 11.7. The fourth-order valence-corrected chi connectivity index (χ4v) is 4.80. The number of piperazine rings is 2. The smallest absolute Gasteiger partial charge is 0.253 e. The lowest BCUT2D eigenvalue weighted by Gasteiger charge is -2.37. The number of nitrogens with zero attached hydrogens (tertiary/aromatic N) is 5. The Labute approximate surface area is 190 Å². The van der Waals surface area contributed by atoms with Gasteiger partial charge in [0.15, 0.2) is 0 Å². The van der Waals surface area contributed by atoms with E-state index in [1.165, 1.54) is 5.69 Å². The fourth-order valence-electron chi connectivity index (χ4n) is 4.80. The highest BCUT2D eigenvalue weighted by Gasteiger charge is 2.23. The van der Waals surface area contributed by atoms with Crippen molar-refractivity contribution in [3.05, 3.63) is 66.4 Å². The van der Waals surface area contributed by atoms with Gasteiger partial charge in [-0.05, 0) is 42.3 Å². The summed E-state index contributed by atoms with van der Waals surface area (Å²) < 4.78 is 0. The standard InChI is InChI=1S/C26H31N5O/c1-2-28-12-14-31(15-13-28)26(32)22-9-8-21-10-11-27-25(24(21)20-22)30-18-16-29(17-19-30)23-6-4-3-5-7-23/h3-11,20H,2,12-19H2,1H3. The Kier molecular flexibility index (Phi) is 5.95. The van der Waals surface area contributed by atoms with Crippen molar-refractivity contribution in [2.75, 3.05) is 68.7 Å². The van der Waals surface area contributed by atoms with Crippen molar-refractivity contribution in [1.29, 1.82) is 0 Å². The topological polar surface area (TPSA) is 42.9 Å². The van der Waals surface area contributed by atoms with Gasteiger partial charge in [0.1, 0.15) is 5.82 Å². The normalized spacial score (nSPS) is 17.7. The summed E-state index contributed by atoms with van der Waals surface area (Å²) in [5, 5.41) is 2.20. The summed E-state index contributed by atoms with van der Waals surface area (Å²) in [5.74, 6) is 1.12. The van der Waals surface area contributed by atoms with Gasteiger partial charge >= 0.3 is 0 Å². The van der Waals surface area contributed by atoms with Crippen molar-refractivity contribution in [3.63, 3.8) is 0 Å². The average Bonchev–Trinajstić information content (AvgIpc) is 2.88. The van der Waals surface area contributed by atoms with Crippen LogP contribution in [0.4, 0.5) is 11.5 Å². The number of anilines is 2. The third-order valence-corrected chi connectivity index (χ3v) is 6.80. The number of carbonyl (C=O) groups is 1. The molecule has 0 unspecified atom stereocenters. The first-order chi connectivity index (χ1) is 15.7. The number of amides is 1. The van der Waals surface area contributed by atoms with Crippen LogP contribution >= 0.6 is 0 Å². The zero-order valence-corrected chi connectivity index (χ0v) is 18.8. The van der Waals surface area contributed by atoms with Crippen LogP contribution in [0.3, 0.4) is 0 Å². The average molecular weight is 430 g/mol. The summed E-state index contributed by atoms with van der Waals surface area (Å²) in [5.41, 5.74) is 2.04. The van der Waals surface area contributed by atoms with Gasteiger partial charge in [-0.3, -0.25) is 4.79 Å². The highest BCUT2D eigenvalue weighted by Crippen LogP contribution is 2.28. The van der Waals surface area contributed by atoms with Gasteiger partial charge in [-0.25, -0.2) is 4.98 Å². The summed E-state index contributed by atoms with van der Waals surface area (Å²) in [4.78, 5) is 27.1. The number of pyridine rings is 1. The predicted octanol–water partition coefficient (Wildman–Crippen LogP) is 3.34. The molecule has 0 N–H and O–H groups in total. The predicted molar refractivity (Wildman–Crippen MR) is 131 cm³/mol. The van der Waals surface area contributed by atoms with Crippen molar-refractivity contribution in [2.24, 2.45) is 0 Å². The van der Waals surface area contributed by atoms with Gasteiger partial charge < -0.3 is 19.6 Å². The lowest BCUT2D eigenvalue weighted by molar-refractivity contribution is 0.0643. The van der Waals surface area contributed by atoms with Crippen LogP contribution in [-0.2, 0) is 0 Å². The molecule has 1 amide bonds. The van der Waals surface area contributed by atoms with Crippen molar-refractivity contribution in [2.45, 2.75) is 6.92 Å². The van der Waals surface area contributed by atoms with E-state index in [-0.39, 0.29) is 5.91 Å². The Morgan fingerprint density at radius 2 is 1.56 bits per heavy atom. The van der Waals surface area contributed by atoms with Crippen molar-refractivity contribution in [1.82, 2.24) is 14.8 Å².